The molecule has 0 aliphatic carbocycles. The Morgan fingerprint density at radius 2 is 1.55 bits per heavy atom. The molecule has 23 nitrogen and oxygen atoms in total. The van der Waals surface area contributed by atoms with Crippen molar-refractivity contribution in [3.63, 3.8) is 0 Å². The van der Waals surface area contributed by atoms with Gasteiger partial charge in [-0.25, -0.2) is 24.0 Å². The number of esters is 1. The lowest BCUT2D eigenvalue weighted by atomic mass is 9.83. The number of carboxylic acids is 1. The van der Waals surface area contributed by atoms with E-state index in [1.54, 1.807) is 99.6 Å². The van der Waals surface area contributed by atoms with Crippen LogP contribution < -0.4 is 15.4 Å². The highest BCUT2D eigenvalue weighted by Gasteiger charge is 2.39. The number of carboxylic acid groups (broad SMARTS) is 1. The first-order valence-electron chi connectivity index (χ1n) is 31.9. The number of likely N-dealkylation sites (N-methyl/N-ethyl adjacent to an activating group) is 3. The molecule has 0 radical (unpaired) electrons. The van der Waals surface area contributed by atoms with E-state index in [9.17, 15) is 43.8 Å². The molecule has 0 saturated carbocycles. The maximum Gasteiger partial charge on any atom is 0.306 e. The smallest absolute Gasteiger partial charge is 0.306 e. The van der Waals surface area contributed by atoms with Crippen molar-refractivity contribution in [2.75, 3.05) is 106 Å². The van der Waals surface area contributed by atoms with Crippen LogP contribution in [-0.4, -0.2) is 204 Å². The largest absolute Gasteiger partial charge is 0.506 e. The quantitative estimate of drug-likeness (QED) is 0.00801. The standard InChI is InChI=1S/C66H98N9O14PS3/c1-13-45(4)53(41-59(79)56-18-15-17-28-71(56)8)65(82)75(12)57(44(2)3)42-60(89-48(7)77)64-70-55(43-91-64)63(81)68-51(38-46(5)66(83)84)39-49-20-25-58(78)54(40-49)69-61(80)26-32-86-33-29-72(9)90(85,74(11)31-37-92-93-62-19-14-16-27-67-62)73(10)30-34-87-35-36-88-52-23-21-50(22-24-52)47(6)76/h14,16,19-25,27,40,43-46,51,53,56-57,60,78H,13,15,17-18,26,28-39,41-42H2,1-12H3,(H,68,81)(H,69,80)(H,83,84)/t45-,46?,51+,53+,56-,57+,60+,90?/m0/s1. The number of hydrogen-bond donors (Lipinski definition) is 4. The van der Waals surface area contributed by atoms with Crippen molar-refractivity contribution in [1.29, 1.82) is 0 Å². The zero-order valence-electron chi connectivity index (χ0n) is 56.1. The minimum Gasteiger partial charge on any atom is -0.506 e. The zero-order valence-corrected chi connectivity index (χ0v) is 59.4. The number of phenolic OH excluding ortho intramolecular Hbond substituents is 1. The van der Waals surface area contributed by atoms with Gasteiger partial charge in [-0.05, 0) is 144 Å². The van der Waals surface area contributed by atoms with Gasteiger partial charge in [0.2, 0.25) is 11.8 Å². The zero-order chi connectivity index (χ0) is 68.4. The number of nitrogens with one attached hydrogen (secondary N) is 2. The van der Waals surface area contributed by atoms with Gasteiger partial charge in [0.05, 0.1) is 50.5 Å². The van der Waals surface area contributed by atoms with E-state index in [2.05, 4.69) is 25.5 Å². The Morgan fingerprint density at radius 3 is 2.17 bits per heavy atom. The van der Waals surface area contributed by atoms with Crippen molar-refractivity contribution in [2.45, 2.75) is 136 Å². The number of aliphatic carboxylic acids is 1. The highest BCUT2D eigenvalue weighted by Crippen LogP contribution is 2.54. The number of Topliss-reactive ketones (excluding diaryl/α,β-unsaturated/α-hetero) is 2. The number of benzene rings is 2. The molecule has 0 bridgehead atoms. The van der Waals surface area contributed by atoms with Crippen LogP contribution in [0.15, 0.2) is 77.3 Å². The summed E-state index contributed by atoms with van der Waals surface area (Å²) in [6.07, 6.45) is 4.60. The Kier molecular flexibility index (Phi) is 32.9. The molecule has 1 aliphatic heterocycles. The number of rotatable bonds is 42. The molecule has 5 rings (SSSR count). The summed E-state index contributed by atoms with van der Waals surface area (Å²) < 4.78 is 43.9. The summed E-state index contributed by atoms with van der Waals surface area (Å²) in [5, 5.41) is 29.3. The first kappa shape index (κ1) is 77.9. The lowest BCUT2D eigenvalue weighted by Crippen LogP contribution is -2.48. The molecule has 8 atom stereocenters. The number of anilines is 1. The second kappa shape index (κ2) is 39.3. The Morgan fingerprint density at radius 1 is 0.860 bits per heavy atom. The van der Waals surface area contributed by atoms with Crippen LogP contribution >= 0.6 is 40.5 Å². The highest BCUT2D eigenvalue weighted by molar-refractivity contribution is 8.76. The number of thiazole rings is 1. The maximum atomic E-state index is 15.1. The van der Waals surface area contributed by atoms with Gasteiger partial charge < -0.3 is 44.7 Å². The van der Waals surface area contributed by atoms with E-state index in [4.69, 9.17) is 18.9 Å². The number of ether oxygens (including phenoxy) is 4. The van der Waals surface area contributed by atoms with Crippen LogP contribution in [0.1, 0.15) is 137 Å². The number of piperidine rings is 1. The SMILES string of the molecule is CC[C@H](C)[C@@H](CC(=O)[C@@H]1CCCCN1C)C(=O)N(C)[C@H](C[C@@H](OC(C)=O)c1nc(C(=O)N[C@@H](Cc2ccc(O)c(NC(=O)CCOCCN(C)P(=O)(N(C)CCOCCOc3ccc(C(C)=O)cc3)N(C)CCSSc3ccccn3)c2)CC(C)C(=O)O)cs1)C(C)C. The third-order valence-corrected chi connectivity index (χ3v) is 23.2. The molecular formula is C66H98N9O14PS3. The van der Waals surface area contributed by atoms with Crippen molar-refractivity contribution in [3.8, 4) is 11.5 Å². The monoisotopic (exact) mass is 1370 g/mol. The second-order valence-electron chi connectivity index (χ2n) is 24.2. The molecule has 2 unspecified atom stereocenters. The predicted molar refractivity (Wildman–Crippen MR) is 365 cm³/mol. The van der Waals surface area contributed by atoms with Crippen LogP contribution in [0.25, 0.3) is 0 Å². The van der Waals surface area contributed by atoms with Gasteiger partial charge in [-0.2, -0.15) is 0 Å². The lowest BCUT2D eigenvalue weighted by molar-refractivity contribution is -0.149. The molecular weight excluding hydrogens is 1270 g/mol. The van der Waals surface area contributed by atoms with Gasteiger partial charge in [-0.3, -0.25) is 43.0 Å². The number of likely N-dealkylation sites (tertiary alicyclic amines) is 1. The van der Waals surface area contributed by atoms with Crippen LogP contribution in [0.2, 0.25) is 0 Å². The normalized spacial score (nSPS) is 16.2. The average Bonchev–Trinajstić information content (AvgIpc) is 1.51. The number of aromatic hydroxyl groups is 1. The summed E-state index contributed by atoms with van der Waals surface area (Å²) in [4.78, 5) is 105. The molecule has 0 spiro atoms. The van der Waals surface area contributed by atoms with Gasteiger partial charge in [-0.1, -0.05) is 70.4 Å². The molecule has 1 aliphatic rings. The first-order chi connectivity index (χ1) is 44.2. The third kappa shape index (κ3) is 24.7. The number of aromatic nitrogens is 2. The summed E-state index contributed by atoms with van der Waals surface area (Å²) >= 11 is 1.11. The summed E-state index contributed by atoms with van der Waals surface area (Å²) in [7, 11) is 8.83. The van der Waals surface area contributed by atoms with Crippen LogP contribution in [0, 0.1) is 23.7 Å². The Balaban J connectivity index is 1.18. The molecule has 2 aromatic heterocycles. The van der Waals surface area contributed by atoms with E-state index < -0.39 is 61.4 Å². The second-order valence-corrected chi connectivity index (χ2v) is 30.6. The van der Waals surface area contributed by atoms with Crippen molar-refractivity contribution < 1.29 is 67.3 Å². The third-order valence-electron chi connectivity index (χ3n) is 16.8. The number of amides is 3. The summed E-state index contributed by atoms with van der Waals surface area (Å²) in [6.45, 7) is 15.2. The maximum absolute atomic E-state index is 15.1. The number of carbonyl (C=O) groups is 7. The van der Waals surface area contributed by atoms with Crippen molar-refractivity contribution in [2.24, 2.45) is 23.7 Å². The van der Waals surface area contributed by atoms with E-state index in [1.807, 2.05) is 64.7 Å². The van der Waals surface area contributed by atoms with E-state index in [1.165, 1.54) is 32.2 Å². The van der Waals surface area contributed by atoms with Gasteiger partial charge in [0, 0.05) is 87.3 Å². The van der Waals surface area contributed by atoms with Crippen LogP contribution in [-0.2, 0) is 49.2 Å². The minimum atomic E-state index is -3.38. The van der Waals surface area contributed by atoms with Gasteiger partial charge in [0.25, 0.3) is 13.5 Å². The van der Waals surface area contributed by atoms with E-state index >= 15 is 4.57 Å². The van der Waals surface area contributed by atoms with Crippen molar-refractivity contribution in [3.05, 3.63) is 94.1 Å². The molecule has 2 aromatic carbocycles. The molecule has 1 fully saturated rings. The predicted octanol–water partition coefficient (Wildman–Crippen LogP) is 10.3. The molecule has 93 heavy (non-hydrogen) atoms. The number of phenols is 1. The van der Waals surface area contributed by atoms with Crippen molar-refractivity contribution in [1.82, 2.24) is 39.1 Å². The van der Waals surface area contributed by atoms with Crippen molar-refractivity contribution >= 4 is 87.4 Å². The molecule has 3 amide bonds. The van der Waals surface area contributed by atoms with Gasteiger partial charge in [-0.15, -0.1) is 11.3 Å². The number of nitrogens with zero attached hydrogens (tertiary/aromatic N) is 7. The van der Waals surface area contributed by atoms with Crippen LogP contribution in [0.4, 0.5) is 5.69 Å². The minimum absolute atomic E-state index is 0.00502. The first-order valence-corrected chi connectivity index (χ1v) is 36.6. The van der Waals surface area contributed by atoms with E-state index in [0.717, 1.165) is 42.2 Å². The average molecular weight is 1370 g/mol. The van der Waals surface area contributed by atoms with Crippen LogP contribution in [0.3, 0.4) is 0 Å². The number of carbonyl (C=O) groups excluding carboxylic acids is 6. The molecule has 4 aromatic rings. The Labute approximate surface area is 561 Å². The van der Waals surface area contributed by atoms with Gasteiger partial charge in [0.1, 0.15) is 33.8 Å². The fraction of sp³-hybridized carbons (Fsp3) is 0.591. The van der Waals surface area contributed by atoms with E-state index in [0.29, 0.717) is 47.1 Å². The van der Waals surface area contributed by atoms with Crippen LogP contribution in [0.5, 0.6) is 11.5 Å². The fourth-order valence-electron chi connectivity index (χ4n) is 11.0. The molecule has 3 heterocycles. The van der Waals surface area contributed by atoms with E-state index in [-0.39, 0.29) is 124 Å². The Hall–Kier alpha value is -5.80. The summed E-state index contributed by atoms with van der Waals surface area (Å²) in [5.74, 6) is -3.39. The number of hydrogen-bond acceptors (Lipinski definition) is 19. The molecule has 1 saturated heterocycles. The highest BCUT2D eigenvalue weighted by atomic mass is 33.1. The number of ketones is 2. The van der Waals surface area contributed by atoms with Gasteiger partial charge in [0.15, 0.2) is 17.7 Å². The Bertz CT molecular complexity index is 3090. The summed E-state index contributed by atoms with van der Waals surface area (Å²) in [6, 6.07) is 15.7. The lowest BCUT2D eigenvalue weighted by Gasteiger charge is -2.40. The summed E-state index contributed by atoms with van der Waals surface area (Å²) in [5.41, 5.74) is 1.27. The fourth-order valence-corrected chi connectivity index (χ4v) is 16.5. The topological polar surface area (TPSA) is 280 Å². The number of pyridine rings is 1. The molecule has 4 N–H and O–H groups in total. The van der Waals surface area contributed by atoms with Gasteiger partial charge >= 0.3 is 11.9 Å². The molecule has 27 heteroatoms. The molecule has 514 valence electrons.